The van der Waals surface area contributed by atoms with E-state index in [2.05, 4.69) is 20.1 Å². The van der Waals surface area contributed by atoms with Crippen LogP contribution >= 0.6 is 11.3 Å². The monoisotopic (exact) mass is 296 g/mol. The Labute approximate surface area is 125 Å². The normalized spacial score (nSPS) is 19.2. The number of amides is 1. The van der Waals surface area contributed by atoms with Crippen LogP contribution in [0.15, 0.2) is 11.7 Å². The molecule has 1 fully saturated rings. The van der Waals surface area contributed by atoms with Gasteiger partial charge >= 0.3 is 0 Å². The predicted octanol–water partition coefficient (Wildman–Crippen LogP) is 1.17. The fourth-order valence-electron chi connectivity index (χ4n) is 2.42. The van der Waals surface area contributed by atoms with E-state index in [0.717, 1.165) is 32.7 Å². The molecule has 0 aliphatic carbocycles. The SMILES string of the molecule is CC(C)NC(=O)C(C)N1CCN(Cc2cncs2)CC1. The Morgan fingerprint density at radius 2 is 2.05 bits per heavy atom. The number of nitrogens with zero attached hydrogens (tertiary/aromatic N) is 3. The fraction of sp³-hybridized carbons (Fsp3) is 0.714. The zero-order valence-corrected chi connectivity index (χ0v) is 13.3. The summed E-state index contributed by atoms with van der Waals surface area (Å²) in [6.45, 7) is 10.9. The summed E-state index contributed by atoms with van der Waals surface area (Å²) in [6.07, 6.45) is 1.94. The van der Waals surface area contributed by atoms with Crippen molar-refractivity contribution >= 4 is 17.2 Å². The van der Waals surface area contributed by atoms with Gasteiger partial charge in [0.1, 0.15) is 0 Å². The highest BCUT2D eigenvalue weighted by molar-refractivity contribution is 7.09. The number of hydrogen-bond donors (Lipinski definition) is 1. The van der Waals surface area contributed by atoms with E-state index in [4.69, 9.17) is 0 Å². The van der Waals surface area contributed by atoms with E-state index in [-0.39, 0.29) is 18.0 Å². The number of aromatic nitrogens is 1. The number of hydrogen-bond acceptors (Lipinski definition) is 5. The molecule has 1 saturated heterocycles. The maximum absolute atomic E-state index is 12.0. The fourth-order valence-corrected chi connectivity index (χ4v) is 3.06. The molecule has 112 valence electrons. The van der Waals surface area contributed by atoms with E-state index in [0.29, 0.717) is 0 Å². The van der Waals surface area contributed by atoms with Gasteiger partial charge in [0.2, 0.25) is 5.91 Å². The molecule has 1 atom stereocenters. The van der Waals surface area contributed by atoms with E-state index >= 15 is 0 Å². The molecular formula is C14H24N4OS. The van der Waals surface area contributed by atoms with Crippen molar-refractivity contribution in [2.75, 3.05) is 26.2 Å². The third-order valence-electron chi connectivity index (χ3n) is 3.63. The molecule has 5 nitrogen and oxygen atoms in total. The van der Waals surface area contributed by atoms with E-state index in [1.165, 1.54) is 4.88 Å². The van der Waals surface area contributed by atoms with Gasteiger partial charge in [0.15, 0.2) is 0 Å². The van der Waals surface area contributed by atoms with Crippen molar-refractivity contribution in [3.8, 4) is 0 Å². The molecule has 0 saturated carbocycles. The Bertz CT molecular complexity index is 413. The van der Waals surface area contributed by atoms with Crippen LogP contribution in [0.1, 0.15) is 25.6 Å². The molecule has 1 N–H and O–H groups in total. The van der Waals surface area contributed by atoms with Crippen molar-refractivity contribution in [1.82, 2.24) is 20.1 Å². The summed E-state index contributed by atoms with van der Waals surface area (Å²) in [6, 6.07) is 0.167. The Hall–Kier alpha value is -0.980. The first-order valence-electron chi connectivity index (χ1n) is 7.20. The molecule has 1 amide bonds. The van der Waals surface area contributed by atoms with Crippen LogP contribution in [-0.4, -0.2) is 59.0 Å². The third-order valence-corrected chi connectivity index (χ3v) is 4.39. The first-order valence-corrected chi connectivity index (χ1v) is 8.08. The summed E-state index contributed by atoms with van der Waals surface area (Å²) in [4.78, 5) is 22.1. The van der Waals surface area contributed by atoms with E-state index < -0.39 is 0 Å². The molecular weight excluding hydrogens is 272 g/mol. The number of carbonyl (C=O) groups excluding carboxylic acids is 1. The lowest BCUT2D eigenvalue weighted by Gasteiger charge is -2.37. The van der Waals surface area contributed by atoms with Crippen LogP contribution in [0.3, 0.4) is 0 Å². The predicted molar refractivity (Wildman–Crippen MR) is 81.7 cm³/mol. The highest BCUT2D eigenvalue weighted by Gasteiger charge is 2.25. The minimum absolute atomic E-state index is 0.0389. The Morgan fingerprint density at radius 3 is 2.60 bits per heavy atom. The molecule has 0 radical (unpaired) electrons. The van der Waals surface area contributed by atoms with Crippen LogP contribution in [0.4, 0.5) is 0 Å². The van der Waals surface area contributed by atoms with E-state index in [9.17, 15) is 4.79 Å². The Balaban J connectivity index is 1.77. The molecule has 0 bridgehead atoms. The first kappa shape index (κ1) is 15.4. The van der Waals surface area contributed by atoms with Crippen LogP contribution in [0, 0.1) is 0 Å². The number of nitrogens with one attached hydrogen (secondary N) is 1. The number of thiazole rings is 1. The topological polar surface area (TPSA) is 48.5 Å². The highest BCUT2D eigenvalue weighted by atomic mass is 32.1. The lowest BCUT2D eigenvalue weighted by Crippen LogP contribution is -2.54. The summed E-state index contributed by atoms with van der Waals surface area (Å²) in [7, 11) is 0. The molecule has 1 unspecified atom stereocenters. The van der Waals surface area contributed by atoms with Gasteiger partial charge in [-0.3, -0.25) is 19.6 Å². The second-order valence-corrected chi connectivity index (χ2v) is 6.59. The third kappa shape index (κ3) is 4.26. The van der Waals surface area contributed by atoms with Crippen molar-refractivity contribution in [2.45, 2.75) is 39.4 Å². The smallest absolute Gasteiger partial charge is 0.237 e. The largest absolute Gasteiger partial charge is 0.353 e. The van der Waals surface area contributed by atoms with Crippen LogP contribution in [0.5, 0.6) is 0 Å². The first-order chi connectivity index (χ1) is 9.56. The molecule has 2 rings (SSSR count). The zero-order valence-electron chi connectivity index (χ0n) is 12.5. The minimum atomic E-state index is -0.0389. The Kier molecular flexibility index (Phi) is 5.51. The molecule has 1 aromatic heterocycles. The maximum atomic E-state index is 12.0. The summed E-state index contributed by atoms with van der Waals surface area (Å²) in [5, 5.41) is 2.99. The van der Waals surface area contributed by atoms with Crippen LogP contribution in [-0.2, 0) is 11.3 Å². The Morgan fingerprint density at radius 1 is 1.35 bits per heavy atom. The van der Waals surface area contributed by atoms with Crippen molar-refractivity contribution in [3.63, 3.8) is 0 Å². The standard InChI is InChI=1S/C14H24N4OS/c1-11(2)16-14(19)12(3)18-6-4-17(5-7-18)9-13-8-15-10-20-13/h8,10-12H,4-7,9H2,1-3H3,(H,16,19). The molecule has 1 aliphatic heterocycles. The number of piperazine rings is 1. The van der Waals surface area contributed by atoms with E-state index in [1.807, 2.05) is 32.5 Å². The molecule has 20 heavy (non-hydrogen) atoms. The van der Waals surface area contributed by atoms with Crippen molar-refractivity contribution < 1.29 is 4.79 Å². The van der Waals surface area contributed by atoms with Crippen molar-refractivity contribution in [2.24, 2.45) is 0 Å². The maximum Gasteiger partial charge on any atom is 0.237 e. The summed E-state index contributed by atoms with van der Waals surface area (Å²) in [5.41, 5.74) is 1.88. The second-order valence-electron chi connectivity index (χ2n) is 5.62. The van der Waals surface area contributed by atoms with Crippen molar-refractivity contribution in [1.29, 1.82) is 0 Å². The summed E-state index contributed by atoms with van der Waals surface area (Å²) < 4.78 is 0. The van der Waals surface area contributed by atoms with Gasteiger partial charge in [-0.15, -0.1) is 11.3 Å². The number of carbonyl (C=O) groups is 1. The van der Waals surface area contributed by atoms with Crippen molar-refractivity contribution in [3.05, 3.63) is 16.6 Å². The summed E-state index contributed by atoms with van der Waals surface area (Å²) >= 11 is 1.70. The molecule has 0 aromatic carbocycles. The van der Waals surface area contributed by atoms with E-state index in [1.54, 1.807) is 11.3 Å². The quantitative estimate of drug-likeness (QED) is 0.886. The minimum Gasteiger partial charge on any atom is -0.353 e. The molecule has 0 spiro atoms. The molecule has 1 aromatic rings. The van der Waals surface area contributed by atoms with Gasteiger partial charge in [0, 0.05) is 49.8 Å². The van der Waals surface area contributed by atoms with Gasteiger partial charge in [-0.1, -0.05) is 0 Å². The van der Waals surface area contributed by atoms with Gasteiger partial charge in [-0.05, 0) is 20.8 Å². The lowest BCUT2D eigenvalue weighted by atomic mass is 10.2. The molecule has 1 aliphatic rings. The zero-order chi connectivity index (χ0) is 14.5. The molecule has 2 heterocycles. The van der Waals surface area contributed by atoms with Gasteiger partial charge in [-0.2, -0.15) is 0 Å². The van der Waals surface area contributed by atoms with Gasteiger partial charge in [0.25, 0.3) is 0 Å². The van der Waals surface area contributed by atoms with Crippen LogP contribution in [0.2, 0.25) is 0 Å². The lowest BCUT2D eigenvalue weighted by molar-refractivity contribution is -0.127. The van der Waals surface area contributed by atoms with Crippen LogP contribution < -0.4 is 5.32 Å². The highest BCUT2D eigenvalue weighted by Crippen LogP contribution is 2.13. The second kappa shape index (κ2) is 7.15. The average Bonchev–Trinajstić information content (AvgIpc) is 2.91. The van der Waals surface area contributed by atoms with Gasteiger partial charge in [-0.25, -0.2) is 0 Å². The van der Waals surface area contributed by atoms with Gasteiger partial charge < -0.3 is 5.32 Å². The average molecular weight is 296 g/mol. The van der Waals surface area contributed by atoms with Crippen LogP contribution in [0.25, 0.3) is 0 Å². The number of rotatable bonds is 5. The molecule has 6 heteroatoms. The van der Waals surface area contributed by atoms with Gasteiger partial charge in [0.05, 0.1) is 11.6 Å². The summed E-state index contributed by atoms with van der Waals surface area (Å²) in [5.74, 6) is 0.135.